The van der Waals surface area contributed by atoms with Gasteiger partial charge in [-0.2, -0.15) is 5.10 Å². The fourth-order valence-corrected chi connectivity index (χ4v) is 2.92. The SMILES string of the molecule is O=C(COc1ccc2ccccc2c1)N/N=C/c1ccc(-c2ccc(Cl)cc2)o1. The zero-order valence-corrected chi connectivity index (χ0v) is 16.1. The fraction of sp³-hybridized carbons (Fsp3) is 0.0435. The standard InChI is InChI=1S/C23H17ClN2O3/c24-19-8-5-17(6-9-19)22-12-11-21(29-22)14-25-26-23(27)15-28-20-10-7-16-3-1-2-4-18(16)13-20/h1-14H,15H2,(H,26,27)/b25-14+. The summed E-state index contributed by atoms with van der Waals surface area (Å²) < 4.78 is 11.2. The van der Waals surface area contributed by atoms with Gasteiger partial charge in [0, 0.05) is 10.6 Å². The maximum atomic E-state index is 11.9. The minimum Gasteiger partial charge on any atom is -0.484 e. The molecule has 0 saturated carbocycles. The van der Waals surface area contributed by atoms with Crippen molar-refractivity contribution in [1.82, 2.24) is 5.43 Å². The number of hydrogen-bond donors (Lipinski definition) is 1. The quantitative estimate of drug-likeness (QED) is 0.351. The molecule has 0 unspecified atom stereocenters. The van der Waals surface area contributed by atoms with Crippen molar-refractivity contribution in [3.05, 3.63) is 89.6 Å². The van der Waals surface area contributed by atoms with Gasteiger partial charge in [-0.3, -0.25) is 4.79 Å². The van der Waals surface area contributed by atoms with Gasteiger partial charge in [-0.1, -0.05) is 41.9 Å². The van der Waals surface area contributed by atoms with E-state index in [4.69, 9.17) is 20.8 Å². The summed E-state index contributed by atoms with van der Waals surface area (Å²) in [4.78, 5) is 11.9. The van der Waals surface area contributed by atoms with Gasteiger partial charge >= 0.3 is 0 Å². The zero-order valence-electron chi connectivity index (χ0n) is 15.3. The van der Waals surface area contributed by atoms with E-state index in [1.165, 1.54) is 6.21 Å². The predicted octanol–water partition coefficient (Wildman–Crippen LogP) is 5.28. The number of halogens is 1. The van der Waals surface area contributed by atoms with Gasteiger partial charge in [0.15, 0.2) is 6.61 Å². The third kappa shape index (κ3) is 4.83. The van der Waals surface area contributed by atoms with Gasteiger partial charge in [-0.05, 0) is 59.3 Å². The topological polar surface area (TPSA) is 63.8 Å². The Bertz CT molecular complexity index is 1170. The Morgan fingerprint density at radius 2 is 1.79 bits per heavy atom. The highest BCUT2D eigenvalue weighted by Gasteiger charge is 2.05. The van der Waals surface area contributed by atoms with Gasteiger partial charge in [-0.25, -0.2) is 5.43 Å². The minimum absolute atomic E-state index is 0.135. The lowest BCUT2D eigenvalue weighted by Gasteiger charge is -2.06. The van der Waals surface area contributed by atoms with E-state index in [1.807, 2.05) is 60.7 Å². The van der Waals surface area contributed by atoms with Crippen LogP contribution in [0, 0.1) is 0 Å². The van der Waals surface area contributed by atoms with Crippen LogP contribution in [0.3, 0.4) is 0 Å². The molecule has 0 saturated heterocycles. The fourth-order valence-electron chi connectivity index (χ4n) is 2.80. The van der Waals surface area contributed by atoms with E-state index in [-0.39, 0.29) is 12.5 Å². The molecule has 1 aromatic heterocycles. The molecule has 0 aliphatic heterocycles. The third-order valence-electron chi connectivity index (χ3n) is 4.23. The van der Waals surface area contributed by atoms with Crippen LogP contribution in [-0.4, -0.2) is 18.7 Å². The number of hydrogen-bond acceptors (Lipinski definition) is 4. The molecule has 0 aliphatic rings. The molecular formula is C23H17ClN2O3. The molecule has 0 spiro atoms. The Morgan fingerprint density at radius 1 is 1.00 bits per heavy atom. The van der Waals surface area contributed by atoms with Crippen molar-refractivity contribution >= 4 is 34.5 Å². The monoisotopic (exact) mass is 404 g/mol. The van der Waals surface area contributed by atoms with Crippen molar-refractivity contribution in [1.29, 1.82) is 0 Å². The van der Waals surface area contributed by atoms with Crippen molar-refractivity contribution in [2.24, 2.45) is 5.10 Å². The third-order valence-corrected chi connectivity index (χ3v) is 4.48. The van der Waals surface area contributed by atoms with Crippen LogP contribution in [0.5, 0.6) is 5.75 Å². The maximum absolute atomic E-state index is 11.9. The lowest BCUT2D eigenvalue weighted by atomic mass is 10.1. The average molecular weight is 405 g/mol. The highest BCUT2D eigenvalue weighted by molar-refractivity contribution is 6.30. The number of nitrogens with one attached hydrogen (secondary N) is 1. The molecule has 3 aromatic carbocycles. The number of furan rings is 1. The number of fused-ring (bicyclic) bond motifs is 1. The number of amides is 1. The smallest absolute Gasteiger partial charge is 0.277 e. The maximum Gasteiger partial charge on any atom is 0.277 e. The molecule has 0 fully saturated rings. The van der Waals surface area contributed by atoms with Crippen LogP contribution in [-0.2, 0) is 4.79 Å². The molecule has 29 heavy (non-hydrogen) atoms. The van der Waals surface area contributed by atoms with Gasteiger partial charge in [0.1, 0.15) is 17.3 Å². The van der Waals surface area contributed by atoms with Gasteiger partial charge in [0.25, 0.3) is 5.91 Å². The summed E-state index contributed by atoms with van der Waals surface area (Å²) in [6, 6.07) is 24.6. The summed E-state index contributed by atoms with van der Waals surface area (Å²) in [6.45, 7) is -0.135. The summed E-state index contributed by atoms with van der Waals surface area (Å²) in [5.41, 5.74) is 3.33. The van der Waals surface area contributed by atoms with Crippen molar-refractivity contribution in [3.63, 3.8) is 0 Å². The molecule has 0 radical (unpaired) electrons. The van der Waals surface area contributed by atoms with Crippen LogP contribution in [0.4, 0.5) is 0 Å². The molecule has 1 heterocycles. The summed E-state index contributed by atoms with van der Waals surface area (Å²) in [6.07, 6.45) is 1.44. The van der Waals surface area contributed by atoms with Gasteiger partial charge < -0.3 is 9.15 Å². The first-order valence-corrected chi connectivity index (χ1v) is 9.34. The normalized spacial score (nSPS) is 11.1. The summed E-state index contributed by atoms with van der Waals surface area (Å²) in [5, 5.41) is 6.74. The molecule has 0 atom stereocenters. The molecule has 5 nitrogen and oxygen atoms in total. The Kier molecular flexibility index (Phi) is 5.59. The molecule has 144 valence electrons. The highest BCUT2D eigenvalue weighted by atomic mass is 35.5. The average Bonchev–Trinajstić information content (AvgIpc) is 3.21. The van der Waals surface area contributed by atoms with E-state index in [0.29, 0.717) is 22.3 Å². The second kappa shape index (κ2) is 8.63. The number of nitrogens with zero attached hydrogens (tertiary/aromatic N) is 1. The van der Waals surface area contributed by atoms with Crippen LogP contribution in [0.2, 0.25) is 5.02 Å². The van der Waals surface area contributed by atoms with Crippen molar-refractivity contribution in [2.75, 3.05) is 6.61 Å². The second-order valence-electron chi connectivity index (χ2n) is 6.30. The highest BCUT2D eigenvalue weighted by Crippen LogP contribution is 2.23. The van der Waals surface area contributed by atoms with E-state index >= 15 is 0 Å². The Labute approximate surface area is 172 Å². The Morgan fingerprint density at radius 3 is 2.62 bits per heavy atom. The van der Waals surface area contributed by atoms with E-state index in [2.05, 4.69) is 10.5 Å². The van der Waals surface area contributed by atoms with Crippen molar-refractivity contribution in [3.8, 4) is 17.1 Å². The van der Waals surface area contributed by atoms with Crippen LogP contribution in [0.25, 0.3) is 22.1 Å². The number of rotatable bonds is 6. The second-order valence-corrected chi connectivity index (χ2v) is 6.74. The molecule has 4 rings (SSSR count). The number of carbonyl (C=O) groups is 1. The van der Waals surface area contributed by atoms with E-state index in [1.54, 1.807) is 18.2 Å². The van der Waals surface area contributed by atoms with Gasteiger partial charge in [0.05, 0.1) is 6.21 Å². The molecule has 1 N–H and O–H groups in total. The van der Waals surface area contributed by atoms with Crippen LogP contribution in [0.1, 0.15) is 5.76 Å². The lowest BCUT2D eigenvalue weighted by Crippen LogP contribution is -2.24. The van der Waals surface area contributed by atoms with E-state index < -0.39 is 0 Å². The number of carbonyl (C=O) groups excluding carboxylic acids is 1. The Balaban J connectivity index is 1.30. The summed E-state index contributed by atoms with van der Waals surface area (Å²) >= 11 is 5.89. The lowest BCUT2D eigenvalue weighted by molar-refractivity contribution is -0.123. The van der Waals surface area contributed by atoms with Crippen LogP contribution < -0.4 is 10.2 Å². The molecule has 0 aliphatic carbocycles. The van der Waals surface area contributed by atoms with Gasteiger partial charge in [-0.15, -0.1) is 0 Å². The first-order valence-electron chi connectivity index (χ1n) is 8.97. The number of benzene rings is 3. The van der Waals surface area contributed by atoms with Crippen LogP contribution >= 0.6 is 11.6 Å². The molecular weight excluding hydrogens is 388 g/mol. The van der Waals surface area contributed by atoms with Gasteiger partial charge in [0.2, 0.25) is 0 Å². The number of ether oxygens (including phenoxy) is 1. The zero-order chi connectivity index (χ0) is 20.1. The summed E-state index contributed by atoms with van der Waals surface area (Å²) in [5.74, 6) is 1.47. The number of hydrazone groups is 1. The molecule has 6 heteroatoms. The predicted molar refractivity (Wildman–Crippen MR) is 114 cm³/mol. The van der Waals surface area contributed by atoms with E-state index in [0.717, 1.165) is 16.3 Å². The first-order chi connectivity index (χ1) is 14.2. The molecule has 0 bridgehead atoms. The van der Waals surface area contributed by atoms with Crippen molar-refractivity contribution in [2.45, 2.75) is 0 Å². The van der Waals surface area contributed by atoms with Crippen molar-refractivity contribution < 1.29 is 13.9 Å². The first kappa shape index (κ1) is 18.8. The molecule has 1 amide bonds. The largest absolute Gasteiger partial charge is 0.484 e. The van der Waals surface area contributed by atoms with Crippen LogP contribution in [0.15, 0.2) is 88.4 Å². The van der Waals surface area contributed by atoms with E-state index in [9.17, 15) is 4.79 Å². The molecule has 4 aromatic rings. The summed E-state index contributed by atoms with van der Waals surface area (Å²) in [7, 11) is 0. The minimum atomic E-state index is -0.362. The Hall–Kier alpha value is -3.57.